The number of thiazole rings is 1. The second-order valence-electron chi connectivity index (χ2n) is 4.87. The summed E-state index contributed by atoms with van der Waals surface area (Å²) in [5.74, 6) is 0.149. The Hall–Kier alpha value is -0.940. The van der Waals surface area contributed by atoms with Crippen LogP contribution < -0.4 is 5.73 Å². The van der Waals surface area contributed by atoms with Crippen LogP contribution in [0, 0.1) is 13.8 Å². The van der Waals surface area contributed by atoms with Crippen LogP contribution in [0.2, 0.25) is 0 Å². The molecule has 0 saturated carbocycles. The van der Waals surface area contributed by atoms with Gasteiger partial charge in [0.15, 0.2) is 0 Å². The number of hydrogen-bond acceptors (Lipinski definition) is 4. The molecule has 2 rings (SSSR count). The lowest BCUT2D eigenvalue weighted by atomic mass is 9.99. The molecule has 2 heterocycles. The van der Waals surface area contributed by atoms with Crippen molar-refractivity contribution in [2.24, 2.45) is 5.73 Å². The van der Waals surface area contributed by atoms with Crippen LogP contribution in [0.3, 0.4) is 0 Å². The fraction of sp³-hybridized carbons (Fsp3) is 0.692. The minimum absolute atomic E-state index is 0.149. The molecule has 0 aromatic carbocycles. The molecule has 4 nitrogen and oxygen atoms in total. The number of amides is 1. The Morgan fingerprint density at radius 3 is 2.89 bits per heavy atom. The van der Waals surface area contributed by atoms with Crippen LogP contribution in [-0.4, -0.2) is 34.9 Å². The first-order valence-corrected chi connectivity index (χ1v) is 7.40. The summed E-state index contributed by atoms with van der Waals surface area (Å²) in [5, 5.41) is 0.961. The fourth-order valence-electron chi connectivity index (χ4n) is 2.62. The zero-order chi connectivity index (χ0) is 13.1. The second-order valence-corrected chi connectivity index (χ2v) is 6.08. The monoisotopic (exact) mass is 267 g/mol. The van der Waals surface area contributed by atoms with E-state index in [2.05, 4.69) is 4.98 Å². The van der Waals surface area contributed by atoms with Gasteiger partial charge in [-0.15, -0.1) is 11.3 Å². The lowest BCUT2D eigenvalue weighted by Crippen LogP contribution is -2.44. The van der Waals surface area contributed by atoms with Gasteiger partial charge in [-0.3, -0.25) is 4.79 Å². The molecule has 0 aliphatic carbocycles. The van der Waals surface area contributed by atoms with E-state index in [1.54, 1.807) is 0 Å². The van der Waals surface area contributed by atoms with Crippen molar-refractivity contribution in [2.45, 2.75) is 45.6 Å². The third-order valence-electron chi connectivity index (χ3n) is 3.49. The maximum absolute atomic E-state index is 12.6. The summed E-state index contributed by atoms with van der Waals surface area (Å²) in [4.78, 5) is 19.7. The number of carbonyl (C=O) groups excluding carboxylic acids is 1. The van der Waals surface area contributed by atoms with Gasteiger partial charge in [0.1, 0.15) is 4.88 Å². The van der Waals surface area contributed by atoms with Gasteiger partial charge < -0.3 is 10.6 Å². The molecule has 5 heteroatoms. The number of piperidine rings is 1. The molecule has 1 atom stereocenters. The van der Waals surface area contributed by atoms with Gasteiger partial charge in [-0.25, -0.2) is 4.98 Å². The van der Waals surface area contributed by atoms with Crippen molar-refractivity contribution in [3.05, 3.63) is 15.6 Å². The molecule has 1 unspecified atom stereocenters. The zero-order valence-corrected chi connectivity index (χ0v) is 11.9. The second kappa shape index (κ2) is 5.80. The number of nitrogens with two attached hydrogens (primary N) is 1. The minimum Gasteiger partial charge on any atom is -0.335 e. The van der Waals surface area contributed by atoms with Crippen LogP contribution in [0.25, 0.3) is 0 Å². The zero-order valence-electron chi connectivity index (χ0n) is 11.1. The SMILES string of the molecule is Cc1nc(C)c(C(=O)N2CCCCC2CCN)s1. The molecule has 1 aliphatic rings. The van der Waals surface area contributed by atoms with Crippen molar-refractivity contribution < 1.29 is 4.79 Å². The average Bonchev–Trinajstić information content (AvgIpc) is 2.69. The van der Waals surface area contributed by atoms with Crippen molar-refractivity contribution in [2.75, 3.05) is 13.1 Å². The lowest BCUT2D eigenvalue weighted by Gasteiger charge is -2.35. The van der Waals surface area contributed by atoms with E-state index in [-0.39, 0.29) is 5.91 Å². The highest BCUT2D eigenvalue weighted by Gasteiger charge is 2.28. The predicted octanol–water partition coefficient (Wildman–Crippen LogP) is 2.10. The summed E-state index contributed by atoms with van der Waals surface area (Å²) in [5.41, 5.74) is 6.51. The molecular formula is C13H21N3OS. The van der Waals surface area contributed by atoms with Gasteiger partial charge in [-0.2, -0.15) is 0 Å². The molecule has 2 N–H and O–H groups in total. The third kappa shape index (κ3) is 2.72. The fourth-order valence-corrected chi connectivity index (χ4v) is 3.50. The predicted molar refractivity (Wildman–Crippen MR) is 73.9 cm³/mol. The van der Waals surface area contributed by atoms with Gasteiger partial charge in [-0.05, 0) is 46.1 Å². The van der Waals surface area contributed by atoms with Crippen molar-refractivity contribution in [1.29, 1.82) is 0 Å². The van der Waals surface area contributed by atoms with Gasteiger partial charge >= 0.3 is 0 Å². The van der Waals surface area contributed by atoms with Gasteiger partial charge in [0, 0.05) is 12.6 Å². The third-order valence-corrected chi connectivity index (χ3v) is 4.55. The molecule has 0 radical (unpaired) electrons. The van der Waals surface area contributed by atoms with Crippen molar-refractivity contribution in [3.63, 3.8) is 0 Å². The topological polar surface area (TPSA) is 59.2 Å². The minimum atomic E-state index is 0.149. The smallest absolute Gasteiger partial charge is 0.266 e. The highest BCUT2D eigenvalue weighted by molar-refractivity contribution is 7.13. The van der Waals surface area contributed by atoms with Gasteiger partial charge in [0.2, 0.25) is 0 Å². The van der Waals surface area contributed by atoms with Crippen LogP contribution in [-0.2, 0) is 0 Å². The average molecular weight is 267 g/mol. The molecule has 1 amide bonds. The Bertz CT molecular complexity index is 428. The first-order valence-electron chi connectivity index (χ1n) is 6.58. The van der Waals surface area contributed by atoms with Gasteiger partial charge in [0.25, 0.3) is 5.91 Å². The van der Waals surface area contributed by atoms with Crippen molar-refractivity contribution >= 4 is 17.2 Å². The van der Waals surface area contributed by atoms with Crippen LogP contribution in [0.5, 0.6) is 0 Å². The van der Waals surface area contributed by atoms with E-state index in [0.717, 1.165) is 41.4 Å². The van der Waals surface area contributed by atoms with Crippen LogP contribution in [0.4, 0.5) is 0 Å². The van der Waals surface area contributed by atoms with E-state index in [1.807, 2.05) is 18.7 Å². The summed E-state index contributed by atoms with van der Waals surface area (Å²) < 4.78 is 0. The van der Waals surface area contributed by atoms with E-state index in [1.165, 1.54) is 17.8 Å². The molecule has 1 fully saturated rings. The Balaban J connectivity index is 2.18. The standard InChI is InChI=1S/C13H21N3OS/c1-9-12(18-10(2)15-9)13(17)16-8-4-3-5-11(16)6-7-14/h11H,3-8,14H2,1-2H3. The highest BCUT2D eigenvalue weighted by Crippen LogP contribution is 2.25. The molecule has 1 saturated heterocycles. The number of aryl methyl sites for hydroxylation is 2. The Kier molecular flexibility index (Phi) is 4.35. The molecule has 100 valence electrons. The molecule has 1 aliphatic heterocycles. The summed E-state index contributed by atoms with van der Waals surface area (Å²) in [7, 11) is 0. The number of nitrogens with zero attached hydrogens (tertiary/aromatic N) is 2. The number of carbonyl (C=O) groups is 1. The molecule has 18 heavy (non-hydrogen) atoms. The van der Waals surface area contributed by atoms with Crippen molar-refractivity contribution in [1.82, 2.24) is 9.88 Å². The number of hydrogen-bond donors (Lipinski definition) is 1. The summed E-state index contributed by atoms with van der Waals surface area (Å²) in [6.07, 6.45) is 4.29. The lowest BCUT2D eigenvalue weighted by molar-refractivity contribution is 0.0609. The number of aromatic nitrogens is 1. The molecule has 1 aromatic rings. The largest absolute Gasteiger partial charge is 0.335 e. The number of likely N-dealkylation sites (tertiary alicyclic amines) is 1. The summed E-state index contributed by atoms with van der Waals surface area (Å²) in [6, 6.07) is 0.318. The first kappa shape index (κ1) is 13.5. The van der Waals surface area contributed by atoms with E-state index in [0.29, 0.717) is 12.6 Å². The Morgan fingerprint density at radius 2 is 2.28 bits per heavy atom. The first-order chi connectivity index (χ1) is 8.63. The Morgan fingerprint density at radius 1 is 1.50 bits per heavy atom. The maximum Gasteiger partial charge on any atom is 0.266 e. The summed E-state index contributed by atoms with van der Waals surface area (Å²) in [6.45, 7) is 5.37. The van der Waals surface area contributed by atoms with Crippen LogP contribution in [0.15, 0.2) is 0 Å². The molecular weight excluding hydrogens is 246 g/mol. The Labute approximate surface area is 112 Å². The van der Waals surface area contributed by atoms with Gasteiger partial charge in [-0.1, -0.05) is 0 Å². The van der Waals surface area contributed by atoms with Crippen LogP contribution >= 0.6 is 11.3 Å². The van der Waals surface area contributed by atoms with Gasteiger partial charge in [0.05, 0.1) is 10.7 Å². The van der Waals surface area contributed by atoms with E-state index in [4.69, 9.17) is 5.73 Å². The maximum atomic E-state index is 12.6. The van der Waals surface area contributed by atoms with E-state index >= 15 is 0 Å². The highest BCUT2D eigenvalue weighted by atomic mass is 32.1. The summed E-state index contributed by atoms with van der Waals surface area (Å²) >= 11 is 1.50. The van der Waals surface area contributed by atoms with E-state index < -0.39 is 0 Å². The molecule has 1 aromatic heterocycles. The molecule has 0 spiro atoms. The quantitative estimate of drug-likeness (QED) is 0.912. The normalized spacial score (nSPS) is 20.2. The number of rotatable bonds is 3. The van der Waals surface area contributed by atoms with Crippen molar-refractivity contribution in [3.8, 4) is 0 Å². The molecule has 0 bridgehead atoms. The van der Waals surface area contributed by atoms with Crippen LogP contribution in [0.1, 0.15) is 46.1 Å². The van der Waals surface area contributed by atoms with E-state index in [9.17, 15) is 4.79 Å².